The molecule has 0 saturated heterocycles. The maximum Gasteiger partial charge on any atom is 0.157 e. The normalized spacial score (nSPS) is 17.3. The van der Waals surface area contributed by atoms with Gasteiger partial charge in [-0.25, -0.2) is 4.39 Å². The average Bonchev–Trinajstić information content (AvgIpc) is 2.39. The van der Waals surface area contributed by atoms with Crippen LogP contribution in [0, 0.1) is 5.82 Å². The lowest BCUT2D eigenvalue weighted by atomic mass is 10.1. The molecule has 1 atom stereocenters. The van der Waals surface area contributed by atoms with Crippen molar-refractivity contribution in [3.05, 3.63) is 56.7 Å². The molecule has 19 heavy (non-hydrogen) atoms. The Morgan fingerprint density at radius 2 is 2.00 bits per heavy atom. The van der Waals surface area contributed by atoms with E-state index >= 15 is 0 Å². The van der Waals surface area contributed by atoms with Gasteiger partial charge in [-0.2, -0.15) is 0 Å². The van der Waals surface area contributed by atoms with Gasteiger partial charge in [0.25, 0.3) is 0 Å². The first-order valence-electron chi connectivity index (χ1n) is 5.79. The van der Waals surface area contributed by atoms with E-state index in [0.29, 0.717) is 6.54 Å². The van der Waals surface area contributed by atoms with Crippen LogP contribution in [0.15, 0.2) is 45.3 Å². The van der Waals surface area contributed by atoms with Gasteiger partial charge in [-0.3, -0.25) is 0 Å². The highest BCUT2D eigenvalue weighted by Gasteiger charge is 2.24. The highest BCUT2D eigenvalue weighted by atomic mass is 79.9. The standard InChI is InChI=1S/C14H10Br2FNO/c15-10-2-1-3-12-14(10)19-13(7-18-12)9-5-4-8(17)6-11(9)16/h1-6,13,18H,7H2. The Balaban J connectivity index is 1.95. The zero-order valence-electron chi connectivity index (χ0n) is 9.79. The minimum absolute atomic E-state index is 0.152. The van der Waals surface area contributed by atoms with Gasteiger partial charge in [0.15, 0.2) is 5.75 Å². The van der Waals surface area contributed by atoms with E-state index < -0.39 is 0 Å². The number of hydrogen-bond acceptors (Lipinski definition) is 2. The van der Waals surface area contributed by atoms with Crippen LogP contribution in [-0.4, -0.2) is 6.54 Å². The van der Waals surface area contributed by atoms with Crippen LogP contribution in [0.5, 0.6) is 5.75 Å². The third kappa shape index (κ3) is 2.49. The Hall–Kier alpha value is -1.07. The van der Waals surface area contributed by atoms with Crippen LogP contribution in [0.1, 0.15) is 11.7 Å². The van der Waals surface area contributed by atoms with Crippen molar-refractivity contribution in [2.75, 3.05) is 11.9 Å². The molecule has 0 amide bonds. The molecule has 0 spiro atoms. The summed E-state index contributed by atoms with van der Waals surface area (Å²) < 4.78 is 20.8. The van der Waals surface area contributed by atoms with Crippen molar-refractivity contribution in [2.45, 2.75) is 6.10 Å². The molecule has 0 fully saturated rings. The Morgan fingerprint density at radius 3 is 2.79 bits per heavy atom. The lowest BCUT2D eigenvalue weighted by Crippen LogP contribution is -2.24. The maximum absolute atomic E-state index is 13.1. The third-order valence-corrected chi connectivity index (χ3v) is 4.33. The predicted octanol–water partition coefficient (Wildman–Crippen LogP) is 4.90. The van der Waals surface area contributed by atoms with Gasteiger partial charge < -0.3 is 10.1 Å². The summed E-state index contributed by atoms with van der Waals surface area (Å²) in [7, 11) is 0. The van der Waals surface area contributed by atoms with Gasteiger partial charge in [-0.15, -0.1) is 0 Å². The zero-order chi connectivity index (χ0) is 13.4. The van der Waals surface area contributed by atoms with Crippen LogP contribution in [-0.2, 0) is 0 Å². The van der Waals surface area contributed by atoms with E-state index in [4.69, 9.17) is 4.74 Å². The van der Waals surface area contributed by atoms with Gasteiger partial charge in [-0.05, 0) is 40.2 Å². The SMILES string of the molecule is Fc1ccc(C2CNc3cccc(Br)c3O2)c(Br)c1. The first-order chi connectivity index (χ1) is 9.15. The lowest BCUT2D eigenvalue weighted by molar-refractivity contribution is 0.208. The second-order valence-electron chi connectivity index (χ2n) is 4.27. The van der Waals surface area contributed by atoms with Crippen molar-refractivity contribution in [2.24, 2.45) is 0 Å². The molecule has 0 radical (unpaired) electrons. The fourth-order valence-electron chi connectivity index (χ4n) is 2.09. The largest absolute Gasteiger partial charge is 0.480 e. The van der Waals surface area contributed by atoms with Crippen LogP contribution in [0.2, 0.25) is 0 Å². The fraction of sp³-hybridized carbons (Fsp3) is 0.143. The molecule has 1 unspecified atom stereocenters. The van der Waals surface area contributed by atoms with E-state index in [0.717, 1.165) is 25.9 Å². The third-order valence-electron chi connectivity index (χ3n) is 3.01. The van der Waals surface area contributed by atoms with E-state index in [-0.39, 0.29) is 11.9 Å². The summed E-state index contributed by atoms with van der Waals surface area (Å²) in [4.78, 5) is 0. The predicted molar refractivity (Wildman–Crippen MR) is 80.1 cm³/mol. The number of nitrogens with one attached hydrogen (secondary N) is 1. The summed E-state index contributed by atoms with van der Waals surface area (Å²) in [6, 6.07) is 10.5. The van der Waals surface area contributed by atoms with Crippen molar-refractivity contribution in [1.82, 2.24) is 0 Å². The van der Waals surface area contributed by atoms with E-state index in [9.17, 15) is 4.39 Å². The van der Waals surface area contributed by atoms with E-state index in [1.54, 1.807) is 6.07 Å². The van der Waals surface area contributed by atoms with Crippen molar-refractivity contribution in [1.29, 1.82) is 0 Å². The molecule has 0 saturated carbocycles. The van der Waals surface area contributed by atoms with Crippen LogP contribution in [0.4, 0.5) is 10.1 Å². The van der Waals surface area contributed by atoms with Gasteiger partial charge in [0.05, 0.1) is 16.7 Å². The van der Waals surface area contributed by atoms with Gasteiger partial charge in [0.2, 0.25) is 0 Å². The Morgan fingerprint density at radius 1 is 1.16 bits per heavy atom. The van der Waals surface area contributed by atoms with Crippen LogP contribution in [0.3, 0.4) is 0 Å². The molecule has 1 aliphatic heterocycles. The van der Waals surface area contributed by atoms with Crippen molar-refractivity contribution in [3.8, 4) is 5.75 Å². The summed E-state index contributed by atoms with van der Waals surface area (Å²) in [6.45, 7) is 0.647. The van der Waals surface area contributed by atoms with Crippen LogP contribution >= 0.6 is 31.9 Å². The number of rotatable bonds is 1. The van der Waals surface area contributed by atoms with Crippen LogP contribution in [0.25, 0.3) is 0 Å². The first kappa shape index (κ1) is 12.9. The highest BCUT2D eigenvalue weighted by Crippen LogP contribution is 2.40. The summed E-state index contributed by atoms with van der Waals surface area (Å²) >= 11 is 6.86. The number of benzene rings is 2. The second-order valence-corrected chi connectivity index (χ2v) is 5.98. The number of para-hydroxylation sites is 1. The highest BCUT2D eigenvalue weighted by molar-refractivity contribution is 9.10. The number of fused-ring (bicyclic) bond motifs is 1. The van der Waals surface area contributed by atoms with Gasteiger partial charge in [-0.1, -0.05) is 28.1 Å². The molecule has 98 valence electrons. The molecule has 1 N–H and O–H groups in total. The Labute approximate surface area is 127 Å². The number of hydrogen-bond donors (Lipinski definition) is 1. The minimum Gasteiger partial charge on any atom is -0.480 e. The molecule has 1 aliphatic rings. The quantitative estimate of drug-likeness (QED) is 0.752. The minimum atomic E-state index is -0.263. The topological polar surface area (TPSA) is 21.3 Å². The molecule has 2 nitrogen and oxygen atoms in total. The van der Waals surface area contributed by atoms with E-state index in [2.05, 4.69) is 37.2 Å². The van der Waals surface area contributed by atoms with Crippen molar-refractivity contribution >= 4 is 37.5 Å². The lowest BCUT2D eigenvalue weighted by Gasteiger charge is -2.29. The van der Waals surface area contributed by atoms with Crippen molar-refractivity contribution < 1.29 is 9.13 Å². The molecular weight excluding hydrogens is 377 g/mol. The molecule has 0 aliphatic carbocycles. The summed E-state index contributed by atoms with van der Waals surface area (Å²) in [6.07, 6.45) is -0.152. The van der Waals surface area contributed by atoms with Gasteiger partial charge >= 0.3 is 0 Å². The zero-order valence-corrected chi connectivity index (χ0v) is 13.0. The molecular formula is C14H10Br2FNO. The fourth-order valence-corrected chi connectivity index (χ4v) is 3.16. The number of halogens is 3. The molecule has 0 bridgehead atoms. The summed E-state index contributed by atoms with van der Waals surface area (Å²) in [5.74, 6) is 0.524. The molecule has 1 heterocycles. The second kappa shape index (κ2) is 5.13. The van der Waals surface area contributed by atoms with Gasteiger partial charge in [0.1, 0.15) is 11.9 Å². The Kier molecular flexibility index (Phi) is 3.50. The average molecular weight is 387 g/mol. The number of anilines is 1. The summed E-state index contributed by atoms with van der Waals surface area (Å²) in [5.41, 5.74) is 1.89. The monoisotopic (exact) mass is 385 g/mol. The Bertz CT molecular complexity index is 633. The summed E-state index contributed by atoms with van der Waals surface area (Å²) in [5, 5.41) is 3.32. The van der Waals surface area contributed by atoms with E-state index in [1.165, 1.54) is 12.1 Å². The molecule has 5 heteroatoms. The molecule has 2 aromatic rings. The molecule has 2 aromatic carbocycles. The first-order valence-corrected chi connectivity index (χ1v) is 7.38. The number of ether oxygens (including phenoxy) is 1. The smallest absolute Gasteiger partial charge is 0.157 e. The molecule has 3 rings (SSSR count). The van der Waals surface area contributed by atoms with E-state index in [1.807, 2.05) is 18.2 Å². The van der Waals surface area contributed by atoms with Crippen LogP contribution < -0.4 is 10.1 Å². The van der Waals surface area contributed by atoms with Crippen molar-refractivity contribution in [3.63, 3.8) is 0 Å². The van der Waals surface area contributed by atoms with Gasteiger partial charge in [0, 0.05) is 10.0 Å². The maximum atomic E-state index is 13.1. The molecule has 0 aromatic heterocycles.